The first kappa shape index (κ1) is 13.9. The molecule has 1 atom stereocenters. The molecule has 19 heavy (non-hydrogen) atoms. The van der Waals surface area contributed by atoms with Crippen molar-refractivity contribution in [3.8, 4) is 0 Å². The third-order valence-electron chi connectivity index (χ3n) is 3.37. The van der Waals surface area contributed by atoms with Crippen LogP contribution in [0.25, 0.3) is 0 Å². The zero-order valence-corrected chi connectivity index (χ0v) is 11.8. The Hall–Kier alpha value is -1.56. The number of carbonyl (C=O) groups is 1. The maximum atomic E-state index is 11.5. The zero-order valence-electron chi connectivity index (χ0n) is 11.8. The zero-order chi connectivity index (χ0) is 13.8. The van der Waals surface area contributed by atoms with Gasteiger partial charge < -0.3 is 19.0 Å². The molecule has 6 nitrogen and oxygen atoms in total. The van der Waals surface area contributed by atoms with Crippen molar-refractivity contribution in [3.63, 3.8) is 0 Å². The molecular weight excluding hydrogens is 246 g/mol. The lowest BCUT2D eigenvalue weighted by atomic mass is 10.1. The van der Waals surface area contributed by atoms with Gasteiger partial charge >= 0.3 is 5.97 Å². The van der Waals surface area contributed by atoms with E-state index < -0.39 is 5.97 Å². The van der Waals surface area contributed by atoms with Crippen LogP contribution >= 0.6 is 0 Å². The number of likely N-dealkylation sites (N-methyl/N-ethyl adjacent to an activating group) is 1. The summed E-state index contributed by atoms with van der Waals surface area (Å²) in [6.45, 7) is 3.89. The van der Waals surface area contributed by atoms with Crippen LogP contribution in [0, 0.1) is 0 Å². The number of rotatable bonds is 4. The minimum Gasteiger partial charge on any atom is -0.461 e. The summed E-state index contributed by atoms with van der Waals surface area (Å²) < 4.78 is 10.3. The quantitative estimate of drug-likeness (QED) is 0.768. The first-order chi connectivity index (χ1) is 9.11. The van der Waals surface area contributed by atoms with Crippen LogP contribution in [0.1, 0.15) is 30.3 Å². The molecule has 106 valence electrons. The van der Waals surface area contributed by atoms with E-state index in [1.165, 1.54) is 12.7 Å². The molecule has 0 aromatic carbocycles. The van der Waals surface area contributed by atoms with Crippen LogP contribution < -0.4 is 4.90 Å². The molecule has 0 bridgehead atoms. The molecule has 1 aromatic rings. The number of oxazole rings is 1. The molecule has 1 unspecified atom stereocenters. The fourth-order valence-corrected chi connectivity index (χ4v) is 2.26. The van der Waals surface area contributed by atoms with Crippen molar-refractivity contribution < 1.29 is 13.9 Å². The average molecular weight is 267 g/mol. The summed E-state index contributed by atoms with van der Waals surface area (Å²) in [5, 5.41) is 0. The predicted octanol–water partition coefficient (Wildman–Crippen LogP) is 1.38. The van der Waals surface area contributed by atoms with Crippen molar-refractivity contribution in [2.24, 2.45) is 0 Å². The highest BCUT2D eigenvalue weighted by atomic mass is 16.5. The van der Waals surface area contributed by atoms with Crippen molar-refractivity contribution in [3.05, 3.63) is 12.0 Å². The highest BCUT2D eigenvalue weighted by molar-refractivity contribution is 5.87. The van der Waals surface area contributed by atoms with Crippen LogP contribution in [-0.2, 0) is 4.74 Å². The summed E-state index contributed by atoms with van der Waals surface area (Å²) >= 11 is 0. The van der Waals surface area contributed by atoms with E-state index >= 15 is 0 Å². The van der Waals surface area contributed by atoms with Crippen molar-refractivity contribution in [2.45, 2.75) is 25.8 Å². The van der Waals surface area contributed by atoms with Crippen LogP contribution in [0.15, 0.2) is 10.7 Å². The topological polar surface area (TPSA) is 58.8 Å². The number of anilines is 1. The molecule has 1 aliphatic rings. The van der Waals surface area contributed by atoms with Gasteiger partial charge in [-0.3, -0.25) is 0 Å². The smallest absolute Gasteiger partial charge is 0.360 e. The highest BCUT2D eigenvalue weighted by Crippen LogP contribution is 2.21. The summed E-state index contributed by atoms with van der Waals surface area (Å²) in [7, 11) is 4.15. The Balaban J connectivity index is 2.03. The van der Waals surface area contributed by atoms with Gasteiger partial charge in [0.25, 0.3) is 6.01 Å². The van der Waals surface area contributed by atoms with Gasteiger partial charge in [0.1, 0.15) is 6.26 Å². The van der Waals surface area contributed by atoms with E-state index in [0.29, 0.717) is 18.7 Å². The fraction of sp³-hybridized carbons (Fsp3) is 0.692. The summed E-state index contributed by atoms with van der Waals surface area (Å²) in [6.07, 6.45) is 3.64. The van der Waals surface area contributed by atoms with Gasteiger partial charge in [0.05, 0.1) is 6.61 Å². The standard InChI is InChI=1S/C13H21N3O3/c1-4-18-12(17)11-9-19-13(14-11)16-7-5-6-10(8-16)15(2)3/h9-10H,4-8H2,1-3H3. The molecule has 0 spiro atoms. The molecule has 2 rings (SSSR count). The van der Waals surface area contributed by atoms with E-state index in [-0.39, 0.29) is 5.69 Å². The van der Waals surface area contributed by atoms with Crippen LogP contribution in [0.2, 0.25) is 0 Å². The van der Waals surface area contributed by atoms with Gasteiger partial charge in [0, 0.05) is 19.1 Å². The molecule has 0 amide bonds. The predicted molar refractivity (Wildman–Crippen MR) is 71.4 cm³/mol. The second-order valence-corrected chi connectivity index (χ2v) is 4.94. The Bertz CT molecular complexity index is 431. The van der Waals surface area contributed by atoms with E-state index in [4.69, 9.17) is 9.15 Å². The fourth-order valence-electron chi connectivity index (χ4n) is 2.26. The number of aromatic nitrogens is 1. The Labute approximate surface area is 113 Å². The van der Waals surface area contributed by atoms with Crippen molar-refractivity contribution >= 4 is 12.0 Å². The maximum absolute atomic E-state index is 11.5. The van der Waals surface area contributed by atoms with E-state index in [2.05, 4.69) is 28.9 Å². The Morgan fingerprint density at radius 3 is 3.11 bits per heavy atom. The van der Waals surface area contributed by atoms with E-state index in [1.807, 2.05) is 0 Å². The number of piperidine rings is 1. The van der Waals surface area contributed by atoms with Gasteiger partial charge in [-0.05, 0) is 33.9 Å². The van der Waals surface area contributed by atoms with Gasteiger partial charge in [0.15, 0.2) is 5.69 Å². The number of nitrogens with zero attached hydrogens (tertiary/aromatic N) is 3. The molecule has 0 radical (unpaired) electrons. The largest absolute Gasteiger partial charge is 0.461 e. The number of hydrogen-bond donors (Lipinski definition) is 0. The van der Waals surface area contributed by atoms with Gasteiger partial charge in [0.2, 0.25) is 0 Å². The molecule has 0 saturated carbocycles. The van der Waals surface area contributed by atoms with Crippen molar-refractivity contribution in [1.29, 1.82) is 0 Å². The summed E-state index contributed by atoms with van der Waals surface area (Å²) in [6, 6.07) is 1.00. The van der Waals surface area contributed by atoms with Gasteiger partial charge in [-0.25, -0.2) is 4.79 Å². The second kappa shape index (κ2) is 6.06. The minimum absolute atomic E-state index is 0.240. The van der Waals surface area contributed by atoms with Crippen LogP contribution in [0.3, 0.4) is 0 Å². The third-order valence-corrected chi connectivity index (χ3v) is 3.37. The van der Waals surface area contributed by atoms with Gasteiger partial charge in [-0.15, -0.1) is 0 Å². The van der Waals surface area contributed by atoms with Crippen LogP contribution in [0.5, 0.6) is 0 Å². The van der Waals surface area contributed by atoms with Crippen LogP contribution in [-0.4, -0.2) is 55.7 Å². The molecule has 6 heteroatoms. The lowest BCUT2D eigenvalue weighted by Gasteiger charge is -2.35. The number of esters is 1. The van der Waals surface area contributed by atoms with Gasteiger partial charge in [-0.2, -0.15) is 4.98 Å². The van der Waals surface area contributed by atoms with E-state index in [9.17, 15) is 4.79 Å². The molecule has 1 aliphatic heterocycles. The summed E-state index contributed by atoms with van der Waals surface area (Å²) in [4.78, 5) is 20.0. The summed E-state index contributed by atoms with van der Waals surface area (Å²) in [5.74, 6) is -0.432. The molecule has 0 aliphatic carbocycles. The lowest BCUT2D eigenvalue weighted by Crippen LogP contribution is -2.45. The normalized spacial score (nSPS) is 19.8. The molecule has 1 fully saturated rings. The molecule has 2 heterocycles. The first-order valence-electron chi connectivity index (χ1n) is 6.65. The Kier molecular flexibility index (Phi) is 4.42. The monoisotopic (exact) mass is 267 g/mol. The average Bonchev–Trinajstić information content (AvgIpc) is 2.89. The first-order valence-corrected chi connectivity index (χ1v) is 6.65. The van der Waals surface area contributed by atoms with Crippen molar-refractivity contribution in [2.75, 3.05) is 38.7 Å². The SMILES string of the molecule is CCOC(=O)c1coc(N2CCCC(N(C)C)C2)n1. The third kappa shape index (κ3) is 3.26. The van der Waals surface area contributed by atoms with Gasteiger partial charge in [-0.1, -0.05) is 0 Å². The minimum atomic E-state index is -0.432. The Morgan fingerprint density at radius 1 is 1.63 bits per heavy atom. The van der Waals surface area contributed by atoms with Crippen molar-refractivity contribution in [1.82, 2.24) is 9.88 Å². The second-order valence-electron chi connectivity index (χ2n) is 4.94. The number of carbonyl (C=O) groups excluding carboxylic acids is 1. The molecule has 1 aromatic heterocycles. The molecule has 1 saturated heterocycles. The van der Waals surface area contributed by atoms with Crippen LogP contribution in [0.4, 0.5) is 6.01 Å². The summed E-state index contributed by atoms with van der Waals surface area (Å²) in [5.41, 5.74) is 0.240. The van der Waals surface area contributed by atoms with E-state index in [1.54, 1.807) is 6.92 Å². The lowest BCUT2D eigenvalue weighted by molar-refractivity contribution is 0.0519. The van der Waals surface area contributed by atoms with E-state index in [0.717, 1.165) is 19.5 Å². The maximum Gasteiger partial charge on any atom is 0.360 e. The Morgan fingerprint density at radius 2 is 2.42 bits per heavy atom. The number of hydrogen-bond acceptors (Lipinski definition) is 6. The highest BCUT2D eigenvalue weighted by Gasteiger charge is 2.25. The molecule has 0 N–H and O–H groups in total. The molecular formula is C13H21N3O3. The number of ether oxygens (including phenoxy) is 1.